The van der Waals surface area contributed by atoms with Crippen LogP contribution < -0.4 is 4.74 Å². The number of rotatable bonds is 3. The van der Waals surface area contributed by atoms with E-state index in [9.17, 15) is 17.2 Å². The van der Waals surface area contributed by atoms with Crippen molar-refractivity contribution in [3.63, 3.8) is 0 Å². The number of aryl methyl sites for hydroxylation is 1. The van der Waals surface area contributed by atoms with Gasteiger partial charge in [0, 0.05) is 10.7 Å². The van der Waals surface area contributed by atoms with Gasteiger partial charge in [-0.25, -0.2) is 22.2 Å². The van der Waals surface area contributed by atoms with E-state index in [0.717, 1.165) is 6.07 Å². The molecule has 0 atom stereocenters. The van der Waals surface area contributed by atoms with E-state index in [-0.39, 0.29) is 11.3 Å². The number of halogens is 3. The molecule has 0 radical (unpaired) electrons. The smallest absolute Gasteiger partial charge is 0.284 e. The third kappa shape index (κ3) is 2.59. The second-order valence-electron chi connectivity index (χ2n) is 2.94. The van der Waals surface area contributed by atoms with Gasteiger partial charge in [0.1, 0.15) is 11.4 Å². The fourth-order valence-electron chi connectivity index (χ4n) is 1.15. The second kappa shape index (κ2) is 4.50. The maximum atomic E-state index is 12.5. The summed E-state index contributed by atoms with van der Waals surface area (Å²) in [6, 6.07) is 1.16. The summed E-state index contributed by atoms with van der Waals surface area (Å²) in [7, 11) is 2.11. The third-order valence-corrected chi connectivity index (χ3v) is 3.13. The molecule has 0 amide bonds. The van der Waals surface area contributed by atoms with Crippen LogP contribution in [0.15, 0.2) is 11.1 Å². The summed E-state index contributed by atoms with van der Waals surface area (Å²) in [5.41, 5.74) is -0.594. The molecule has 90 valence electrons. The predicted octanol–water partition coefficient (Wildman–Crippen LogP) is 2.26. The molecule has 0 unspecified atom stereocenters. The zero-order chi connectivity index (χ0) is 12.5. The molecule has 0 saturated carbocycles. The molecule has 0 aliphatic heterocycles. The maximum absolute atomic E-state index is 12.5. The molecular weight excluding hydrogens is 264 g/mol. The molecule has 4 nitrogen and oxygen atoms in total. The lowest BCUT2D eigenvalue weighted by Gasteiger charge is -2.10. The summed E-state index contributed by atoms with van der Waals surface area (Å²) in [5.74, 6) is -0.170. The van der Waals surface area contributed by atoms with Crippen LogP contribution in [0.5, 0.6) is 5.75 Å². The van der Waals surface area contributed by atoms with E-state index in [0.29, 0.717) is 0 Å². The van der Waals surface area contributed by atoms with Crippen LogP contribution in [0, 0.1) is 6.92 Å². The van der Waals surface area contributed by atoms with E-state index < -0.39 is 26.2 Å². The van der Waals surface area contributed by atoms with E-state index >= 15 is 0 Å². The predicted molar refractivity (Wildman–Crippen MR) is 53.5 cm³/mol. The molecule has 0 bridgehead atoms. The molecule has 0 N–H and O–H groups in total. The van der Waals surface area contributed by atoms with Gasteiger partial charge in [-0.1, -0.05) is 0 Å². The summed E-state index contributed by atoms with van der Waals surface area (Å²) in [6.45, 7) is 1.39. The minimum atomic E-state index is -4.14. The Bertz CT molecular complexity index is 504. The molecule has 1 aromatic heterocycles. The van der Waals surface area contributed by atoms with Gasteiger partial charge >= 0.3 is 0 Å². The van der Waals surface area contributed by atoms with Crippen molar-refractivity contribution in [3.8, 4) is 5.75 Å². The van der Waals surface area contributed by atoms with Crippen LogP contribution in [0.2, 0.25) is 0 Å². The molecule has 1 heterocycles. The lowest BCUT2D eigenvalue weighted by atomic mass is 10.2. The first-order chi connectivity index (χ1) is 7.27. The Morgan fingerprint density at radius 2 is 2.06 bits per heavy atom. The highest BCUT2D eigenvalue weighted by Crippen LogP contribution is 2.31. The number of methoxy groups -OCH3 is 1. The first-order valence-corrected chi connectivity index (χ1v) is 6.36. The fourth-order valence-corrected chi connectivity index (χ4v) is 2.27. The number of nitrogens with zero attached hydrogens (tertiary/aromatic N) is 1. The molecule has 1 aromatic rings. The Hall–Kier alpha value is -0.950. The average molecular weight is 272 g/mol. The number of ether oxygens (including phenoxy) is 1. The van der Waals surface area contributed by atoms with Gasteiger partial charge in [-0.2, -0.15) is 0 Å². The maximum Gasteiger partial charge on any atom is 0.284 e. The number of aromatic nitrogens is 1. The quantitative estimate of drug-likeness (QED) is 0.792. The minimum Gasteiger partial charge on any atom is -0.495 e. The highest BCUT2D eigenvalue weighted by atomic mass is 35.7. The molecule has 1 rings (SSSR count). The van der Waals surface area contributed by atoms with Crippen molar-refractivity contribution >= 4 is 19.7 Å². The van der Waals surface area contributed by atoms with Gasteiger partial charge in [-0.3, -0.25) is 0 Å². The monoisotopic (exact) mass is 271 g/mol. The Balaban J connectivity index is 3.52. The van der Waals surface area contributed by atoms with Crippen molar-refractivity contribution in [3.05, 3.63) is 17.3 Å². The van der Waals surface area contributed by atoms with Gasteiger partial charge in [-0.05, 0) is 18.6 Å². The lowest BCUT2D eigenvalue weighted by Crippen LogP contribution is -2.05. The molecule has 8 heteroatoms. The van der Waals surface area contributed by atoms with Crippen molar-refractivity contribution in [1.82, 2.24) is 4.98 Å². The number of pyridine rings is 1. The molecule has 0 aromatic carbocycles. The molecular formula is C8H8ClF2NO3S. The average Bonchev–Trinajstić information content (AvgIpc) is 2.14. The van der Waals surface area contributed by atoms with Crippen LogP contribution in [-0.2, 0) is 9.05 Å². The van der Waals surface area contributed by atoms with Gasteiger partial charge in [-0.15, -0.1) is 0 Å². The Morgan fingerprint density at radius 1 is 1.50 bits per heavy atom. The Kier molecular flexibility index (Phi) is 3.69. The number of hydrogen-bond acceptors (Lipinski definition) is 4. The standard InChI is InChI=1S/C8H8ClF2NO3S/c1-4-3-5(15-2)6(7(10)11)12-8(4)16(9,13)14/h3,7H,1-2H3. The Morgan fingerprint density at radius 3 is 2.44 bits per heavy atom. The molecule has 0 aliphatic carbocycles. The molecule has 0 spiro atoms. The highest BCUT2D eigenvalue weighted by molar-refractivity contribution is 8.13. The van der Waals surface area contributed by atoms with Crippen LogP contribution in [0.1, 0.15) is 17.7 Å². The van der Waals surface area contributed by atoms with Crippen LogP contribution in [-0.4, -0.2) is 20.5 Å². The van der Waals surface area contributed by atoms with E-state index in [1.54, 1.807) is 0 Å². The number of hydrogen-bond donors (Lipinski definition) is 0. The van der Waals surface area contributed by atoms with Crippen LogP contribution in [0.25, 0.3) is 0 Å². The molecule has 0 fully saturated rings. The Labute approximate surface area is 95.6 Å². The van der Waals surface area contributed by atoms with E-state index in [4.69, 9.17) is 10.7 Å². The summed E-state index contributed by atoms with van der Waals surface area (Å²) in [5, 5.41) is -0.578. The van der Waals surface area contributed by atoms with E-state index in [2.05, 4.69) is 9.72 Å². The van der Waals surface area contributed by atoms with Gasteiger partial charge in [0.2, 0.25) is 0 Å². The van der Waals surface area contributed by atoms with Crippen LogP contribution in [0.4, 0.5) is 8.78 Å². The summed E-state index contributed by atoms with van der Waals surface area (Å²) in [4.78, 5) is 3.32. The van der Waals surface area contributed by atoms with E-state index in [1.165, 1.54) is 14.0 Å². The lowest BCUT2D eigenvalue weighted by molar-refractivity contribution is 0.140. The van der Waals surface area contributed by atoms with Gasteiger partial charge in [0.05, 0.1) is 7.11 Å². The highest BCUT2D eigenvalue weighted by Gasteiger charge is 2.23. The zero-order valence-corrected chi connectivity index (χ0v) is 9.94. The molecule has 0 aliphatic rings. The second-order valence-corrected chi connectivity index (χ2v) is 5.42. The fraction of sp³-hybridized carbons (Fsp3) is 0.375. The SMILES string of the molecule is COc1cc(C)c(S(=O)(=O)Cl)nc1C(F)F. The van der Waals surface area contributed by atoms with Crippen molar-refractivity contribution in [2.75, 3.05) is 7.11 Å². The third-order valence-electron chi connectivity index (χ3n) is 1.82. The normalized spacial score (nSPS) is 11.9. The molecule has 0 saturated heterocycles. The van der Waals surface area contributed by atoms with Crippen LogP contribution in [0.3, 0.4) is 0 Å². The van der Waals surface area contributed by atoms with Gasteiger partial charge in [0.25, 0.3) is 15.5 Å². The summed E-state index contributed by atoms with van der Waals surface area (Å²) < 4.78 is 51.8. The topological polar surface area (TPSA) is 56.3 Å². The van der Waals surface area contributed by atoms with Gasteiger partial charge < -0.3 is 4.74 Å². The summed E-state index contributed by atoms with van der Waals surface area (Å²) in [6.07, 6.45) is -2.94. The van der Waals surface area contributed by atoms with Crippen molar-refractivity contribution in [2.45, 2.75) is 18.4 Å². The van der Waals surface area contributed by atoms with Crippen molar-refractivity contribution in [2.24, 2.45) is 0 Å². The summed E-state index contributed by atoms with van der Waals surface area (Å²) >= 11 is 0. The largest absolute Gasteiger partial charge is 0.495 e. The zero-order valence-electron chi connectivity index (χ0n) is 8.37. The van der Waals surface area contributed by atoms with Gasteiger partial charge in [0.15, 0.2) is 5.03 Å². The van der Waals surface area contributed by atoms with Crippen LogP contribution >= 0.6 is 10.7 Å². The molecule has 16 heavy (non-hydrogen) atoms. The van der Waals surface area contributed by atoms with Crippen molar-refractivity contribution in [1.29, 1.82) is 0 Å². The first kappa shape index (κ1) is 13.1. The van der Waals surface area contributed by atoms with E-state index in [1.807, 2.05) is 0 Å². The first-order valence-electron chi connectivity index (χ1n) is 4.05. The minimum absolute atomic E-state index is 0.149. The van der Waals surface area contributed by atoms with Crippen molar-refractivity contribution < 1.29 is 21.9 Å². The number of alkyl halides is 2.